The number of hydrogen-bond donors (Lipinski definition) is 0. The smallest absolute Gasteiger partial charge is 0.387 e. The molecule has 0 saturated carbocycles. The van der Waals surface area contributed by atoms with Crippen molar-refractivity contribution in [2.45, 2.75) is 50.9 Å². The summed E-state index contributed by atoms with van der Waals surface area (Å²) in [6.45, 7) is 2.33. The minimum atomic E-state index is -4.53. The number of aromatic nitrogens is 3. The van der Waals surface area contributed by atoms with Crippen LogP contribution in [0.3, 0.4) is 0 Å². The van der Waals surface area contributed by atoms with Gasteiger partial charge in [0.15, 0.2) is 11.8 Å². The third-order valence-corrected chi connectivity index (χ3v) is 7.73. The molecule has 0 spiro atoms. The first kappa shape index (κ1) is 24.8. The molecule has 0 bridgehead atoms. The van der Waals surface area contributed by atoms with Crippen LogP contribution in [0, 0.1) is 13.0 Å². The highest BCUT2D eigenvalue weighted by Gasteiger charge is 2.35. The molecule has 3 aromatic rings. The summed E-state index contributed by atoms with van der Waals surface area (Å²) in [6.07, 6.45) is -2.82. The fourth-order valence-electron chi connectivity index (χ4n) is 4.38. The van der Waals surface area contributed by atoms with Crippen LogP contribution in [0.4, 0.5) is 13.2 Å². The molecule has 0 aliphatic carbocycles. The fourth-order valence-corrected chi connectivity index (χ4v) is 5.63. The van der Waals surface area contributed by atoms with Crippen LogP contribution in [0.5, 0.6) is 0 Å². The maximum Gasteiger partial charge on any atom is 0.435 e. The number of carbonyl (C=O) groups is 1. The maximum absolute atomic E-state index is 12.9. The predicted octanol–water partition coefficient (Wildman–Crippen LogP) is 5.39. The molecule has 36 heavy (non-hydrogen) atoms. The van der Waals surface area contributed by atoms with Gasteiger partial charge >= 0.3 is 6.18 Å². The van der Waals surface area contributed by atoms with Crippen LogP contribution in [0.25, 0.3) is 0 Å². The second kappa shape index (κ2) is 9.85. The molecule has 1 saturated heterocycles. The van der Waals surface area contributed by atoms with Gasteiger partial charge in [-0.15, -0.1) is 11.3 Å². The van der Waals surface area contributed by atoms with Crippen LogP contribution in [0.1, 0.15) is 58.9 Å². The minimum Gasteiger partial charge on any atom is -0.387 e. The molecule has 2 aliphatic rings. The fraction of sp³-hybridized carbons (Fsp3) is 0.417. The number of benzene rings is 1. The van der Waals surface area contributed by atoms with Crippen molar-refractivity contribution >= 4 is 34.6 Å². The molecule has 1 amide bonds. The Morgan fingerprint density at radius 1 is 1.33 bits per heavy atom. The number of alkyl halides is 3. The molecule has 189 valence electrons. The zero-order valence-electron chi connectivity index (χ0n) is 19.3. The van der Waals surface area contributed by atoms with E-state index in [-0.39, 0.29) is 24.5 Å². The van der Waals surface area contributed by atoms with Crippen molar-refractivity contribution < 1.29 is 22.8 Å². The number of rotatable bonds is 5. The number of thiazole rings is 1. The van der Waals surface area contributed by atoms with Crippen LogP contribution in [0.15, 0.2) is 34.8 Å². The van der Waals surface area contributed by atoms with E-state index < -0.39 is 11.9 Å². The van der Waals surface area contributed by atoms with Crippen molar-refractivity contribution in [3.8, 4) is 0 Å². The van der Waals surface area contributed by atoms with E-state index in [1.165, 1.54) is 6.92 Å². The van der Waals surface area contributed by atoms with Crippen LogP contribution in [0.2, 0.25) is 5.02 Å². The van der Waals surface area contributed by atoms with Gasteiger partial charge in [-0.3, -0.25) is 9.48 Å². The monoisotopic (exact) mass is 536 g/mol. The van der Waals surface area contributed by atoms with Crippen molar-refractivity contribution in [1.29, 1.82) is 0 Å². The van der Waals surface area contributed by atoms with Crippen molar-refractivity contribution in [3.05, 3.63) is 68.4 Å². The molecule has 2 aromatic heterocycles. The lowest BCUT2D eigenvalue weighted by molar-refractivity contribution is -0.142. The number of aryl methyl sites for hydroxylation is 1. The second-order valence-electron chi connectivity index (χ2n) is 8.82. The Labute approximate surface area is 214 Å². The Morgan fingerprint density at radius 3 is 2.81 bits per heavy atom. The van der Waals surface area contributed by atoms with E-state index in [0.29, 0.717) is 30.2 Å². The van der Waals surface area contributed by atoms with Gasteiger partial charge in [-0.1, -0.05) is 28.9 Å². The lowest BCUT2D eigenvalue weighted by Gasteiger charge is -2.31. The Hall–Kier alpha value is -2.92. The standard InChI is InChI=1S/C24H22ClF3N5O2S/c1-14-10-21(24(26,27)28)30-33(14)12-22(34)32-8-6-15(7-9-32)23-29-19(13-36-23)18-11-20(35-31-18)16-4-2-3-5-17(16)25/h2-3,5,10,13,15,20H,6-9,11-12H2,1H3. The number of nitrogens with zero attached hydrogens (tertiary/aromatic N) is 5. The normalized spacial score (nSPS) is 18.9. The SMILES string of the molecule is Cc1cc(C(F)(F)F)nn1CC(=O)N1CCC(c2nc(C3=NOC(c4[c]cccc4Cl)C3)cs2)CC1. The van der Waals surface area contributed by atoms with Crippen LogP contribution in [-0.4, -0.2) is 44.4 Å². The molecular weight excluding hydrogens is 515 g/mol. The first-order valence-electron chi connectivity index (χ1n) is 11.4. The molecule has 4 heterocycles. The maximum atomic E-state index is 12.9. The largest absolute Gasteiger partial charge is 0.435 e. The summed E-state index contributed by atoms with van der Waals surface area (Å²) < 4.78 is 39.8. The molecule has 1 radical (unpaired) electrons. The summed E-state index contributed by atoms with van der Waals surface area (Å²) in [7, 11) is 0. The van der Waals surface area contributed by atoms with Crippen molar-refractivity contribution in [2.75, 3.05) is 13.1 Å². The highest BCUT2D eigenvalue weighted by molar-refractivity contribution is 7.10. The van der Waals surface area contributed by atoms with Gasteiger partial charge in [-0.05, 0) is 38.0 Å². The third-order valence-electron chi connectivity index (χ3n) is 6.40. The highest BCUT2D eigenvalue weighted by atomic mass is 35.5. The Kier molecular flexibility index (Phi) is 6.78. The summed E-state index contributed by atoms with van der Waals surface area (Å²) >= 11 is 7.81. The van der Waals surface area contributed by atoms with Gasteiger partial charge in [0.2, 0.25) is 5.91 Å². The van der Waals surface area contributed by atoms with Gasteiger partial charge in [0.1, 0.15) is 12.3 Å². The molecule has 7 nitrogen and oxygen atoms in total. The summed E-state index contributed by atoms with van der Waals surface area (Å²) in [6, 6.07) is 9.46. The number of piperidine rings is 1. The molecule has 1 unspecified atom stereocenters. The molecule has 12 heteroatoms. The zero-order chi connectivity index (χ0) is 25.4. The van der Waals surface area contributed by atoms with Crippen molar-refractivity contribution in [1.82, 2.24) is 19.7 Å². The number of halogens is 4. The number of amides is 1. The molecule has 1 atom stereocenters. The Balaban J connectivity index is 1.16. The second-order valence-corrected chi connectivity index (χ2v) is 10.1. The average Bonchev–Trinajstić information content (AvgIpc) is 3.59. The Bertz CT molecular complexity index is 1300. The molecule has 5 rings (SSSR count). The Morgan fingerprint density at radius 2 is 2.11 bits per heavy atom. The van der Waals surface area contributed by atoms with Gasteiger partial charge in [-0.2, -0.15) is 18.3 Å². The van der Waals surface area contributed by atoms with Crippen LogP contribution in [-0.2, 0) is 22.4 Å². The first-order valence-corrected chi connectivity index (χ1v) is 12.7. The topological polar surface area (TPSA) is 72.6 Å². The van der Waals surface area contributed by atoms with E-state index in [1.807, 2.05) is 11.4 Å². The molecule has 2 aliphatic heterocycles. The molecule has 0 N–H and O–H groups in total. The average molecular weight is 537 g/mol. The van der Waals surface area contributed by atoms with Gasteiger partial charge in [0.25, 0.3) is 0 Å². The highest BCUT2D eigenvalue weighted by Crippen LogP contribution is 2.35. The number of likely N-dealkylation sites (tertiary alicyclic amines) is 1. The summed E-state index contributed by atoms with van der Waals surface area (Å²) in [5, 5.41) is 11.3. The predicted molar refractivity (Wildman–Crippen MR) is 128 cm³/mol. The lowest BCUT2D eigenvalue weighted by Crippen LogP contribution is -2.40. The number of hydrogen-bond acceptors (Lipinski definition) is 6. The van der Waals surface area contributed by atoms with E-state index in [4.69, 9.17) is 21.4 Å². The summed E-state index contributed by atoms with van der Waals surface area (Å²) in [5.74, 6) is -0.0419. The van der Waals surface area contributed by atoms with Crippen LogP contribution < -0.4 is 0 Å². The van der Waals surface area contributed by atoms with E-state index in [2.05, 4.69) is 16.3 Å². The molecule has 1 aromatic carbocycles. The van der Waals surface area contributed by atoms with Crippen molar-refractivity contribution in [3.63, 3.8) is 0 Å². The van der Waals surface area contributed by atoms with E-state index in [0.717, 1.165) is 45.6 Å². The van der Waals surface area contributed by atoms with Gasteiger partial charge in [-0.25, -0.2) is 4.98 Å². The minimum absolute atomic E-state index is 0.201. The molecule has 1 fully saturated rings. The molecular formula is C24H22ClF3N5O2S. The van der Waals surface area contributed by atoms with Gasteiger partial charge < -0.3 is 9.74 Å². The zero-order valence-corrected chi connectivity index (χ0v) is 20.8. The van der Waals surface area contributed by atoms with E-state index >= 15 is 0 Å². The quantitative estimate of drug-likeness (QED) is 0.438. The number of oxime groups is 1. The van der Waals surface area contributed by atoms with E-state index in [1.54, 1.807) is 28.4 Å². The van der Waals surface area contributed by atoms with Crippen LogP contribution >= 0.6 is 22.9 Å². The first-order chi connectivity index (χ1) is 17.2. The van der Waals surface area contributed by atoms with Crippen molar-refractivity contribution in [2.24, 2.45) is 5.16 Å². The summed E-state index contributed by atoms with van der Waals surface area (Å²) in [4.78, 5) is 24.7. The number of carbonyl (C=O) groups excluding carboxylic acids is 1. The van der Waals surface area contributed by atoms with E-state index in [9.17, 15) is 18.0 Å². The van der Waals surface area contributed by atoms with Gasteiger partial charge in [0, 0.05) is 47.1 Å². The summed E-state index contributed by atoms with van der Waals surface area (Å²) in [5.41, 5.74) is 1.62. The lowest BCUT2D eigenvalue weighted by atomic mass is 9.97. The van der Waals surface area contributed by atoms with Gasteiger partial charge in [0.05, 0.1) is 10.7 Å². The third kappa shape index (κ3) is 5.12.